The number of nitrogens with one attached hydrogen (secondary N) is 4. The SMILES string of the molecule is CN[C@@H](C)C(=O)N[C@H](C(=O)N1CCC[C@H]1C(=O)Nc1cc2c(C3CCc4ccccc4N3)ncnc2cc1OC)C(C)(C)C. The smallest absolute Gasteiger partial charge is 0.247 e. The summed E-state index contributed by atoms with van der Waals surface area (Å²) < 4.78 is 5.66. The van der Waals surface area contributed by atoms with Crippen molar-refractivity contribution in [3.05, 3.63) is 54.0 Å². The number of hydrogen-bond acceptors (Lipinski definition) is 8. The Morgan fingerprint density at radius 1 is 1.11 bits per heavy atom. The van der Waals surface area contributed by atoms with E-state index in [-0.39, 0.29) is 23.8 Å². The minimum atomic E-state index is -0.790. The number of fused-ring (bicyclic) bond motifs is 2. The first kappa shape index (κ1) is 31.2. The number of nitrogens with zero attached hydrogens (tertiary/aromatic N) is 3. The summed E-state index contributed by atoms with van der Waals surface area (Å²) in [6.07, 6.45) is 4.55. The summed E-state index contributed by atoms with van der Waals surface area (Å²) in [6, 6.07) is 9.98. The molecule has 3 aromatic rings. The van der Waals surface area contributed by atoms with Crippen molar-refractivity contribution in [1.29, 1.82) is 0 Å². The van der Waals surface area contributed by atoms with Gasteiger partial charge >= 0.3 is 0 Å². The molecule has 11 nitrogen and oxygen atoms in total. The van der Waals surface area contributed by atoms with Gasteiger partial charge in [0.05, 0.1) is 36.1 Å². The first-order valence-electron chi connectivity index (χ1n) is 15.3. The van der Waals surface area contributed by atoms with Gasteiger partial charge in [0.2, 0.25) is 17.7 Å². The van der Waals surface area contributed by atoms with Crippen LogP contribution in [-0.4, -0.2) is 71.4 Å². The molecule has 11 heteroatoms. The van der Waals surface area contributed by atoms with Crippen molar-refractivity contribution in [2.24, 2.45) is 5.41 Å². The zero-order valence-corrected chi connectivity index (χ0v) is 26.4. The van der Waals surface area contributed by atoms with Crippen molar-refractivity contribution < 1.29 is 19.1 Å². The number of carbonyl (C=O) groups is 3. The number of anilines is 2. The van der Waals surface area contributed by atoms with Crippen molar-refractivity contribution in [1.82, 2.24) is 25.5 Å². The lowest BCUT2D eigenvalue weighted by Gasteiger charge is -2.36. The maximum Gasteiger partial charge on any atom is 0.247 e. The molecule has 1 aromatic heterocycles. The van der Waals surface area contributed by atoms with Crippen LogP contribution >= 0.6 is 0 Å². The molecular weight excluding hydrogens is 558 g/mol. The predicted octanol–water partition coefficient (Wildman–Crippen LogP) is 3.81. The van der Waals surface area contributed by atoms with Gasteiger partial charge in [0.25, 0.3) is 0 Å². The van der Waals surface area contributed by atoms with Crippen LogP contribution in [0.1, 0.15) is 64.3 Å². The largest absolute Gasteiger partial charge is 0.494 e. The van der Waals surface area contributed by atoms with E-state index in [1.54, 1.807) is 38.4 Å². The lowest BCUT2D eigenvalue weighted by Crippen LogP contribution is -2.59. The Balaban J connectivity index is 1.40. The summed E-state index contributed by atoms with van der Waals surface area (Å²) in [5.74, 6) is -0.374. The number of ether oxygens (including phenoxy) is 1. The van der Waals surface area contributed by atoms with Crippen LogP contribution in [0.15, 0.2) is 42.7 Å². The minimum Gasteiger partial charge on any atom is -0.494 e. The van der Waals surface area contributed by atoms with Gasteiger partial charge in [-0.3, -0.25) is 14.4 Å². The molecule has 2 aromatic carbocycles. The summed E-state index contributed by atoms with van der Waals surface area (Å²) in [6.45, 7) is 7.89. The summed E-state index contributed by atoms with van der Waals surface area (Å²) in [7, 11) is 3.24. The van der Waals surface area contributed by atoms with Gasteiger partial charge < -0.3 is 30.9 Å². The highest BCUT2D eigenvalue weighted by Crippen LogP contribution is 2.37. The Hall–Kier alpha value is -4.25. The molecule has 1 saturated heterocycles. The molecule has 4 N–H and O–H groups in total. The Bertz CT molecular complexity index is 1550. The first-order chi connectivity index (χ1) is 21.0. The van der Waals surface area contributed by atoms with Gasteiger partial charge in [-0.1, -0.05) is 39.0 Å². The van der Waals surface area contributed by atoms with E-state index in [9.17, 15) is 14.4 Å². The zero-order chi connectivity index (χ0) is 31.6. The number of carbonyl (C=O) groups excluding carboxylic acids is 3. The van der Waals surface area contributed by atoms with Gasteiger partial charge in [-0.15, -0.1) is 0 Å². The fourth-order valence-corrected chi connectivity index (χ4v) is 6.02. The highest BCUT2D eigenvalue weighted by atomic mass is 16.5. The number of likely N-dealkylation sites (tertiary alicyclic amines) is 1. The van der Waals surface area contributed by atoms with Crippen LogP contribution < -0.4 is 26.0 Å². The second-order valence-corrected chi connectivity index (χ2v) is 12.7. The fourth-order valence-electron chi connectivity index (χ4n) is 6.02. The molecule has 0 saturated carbocycles. The minimum absolute atomic E-state index is 0.0227. The van der Waals surface area contributed by atoms with Crippen molar-refractivity contribution in [2.45, 2.75) is 77.5 Å². The van der Waals surface area contributed by atoms with Crippen molar-refractivity contribution in [2.75, 3.05) is 31.3 Å². The molecule has 2 aliphatic heterocycles. The number of methoxy groups -OCH3 is 1. The highest BCUT2D eigenvalue weighted by Gasteiger charge is 2.42. The number of benzene rings is 2. The van der Waals surface area contributed by atoms with Crippen LogP contribution in [0.3, 0.4) is 0 Å². The second-order valence-electron chi connectivity index (χ2n) is 12.7. The van der Waals surface area contributed by atoms with Crippen LogP contribution in [-0.2, 0) is 20.8 Å². The molecule has 234 valence electrons. The highest BCUT2D eigenvalue weighted by molar-refractivity contribution is 6.02. The molecule has 4 atom stereocenters. The predicted molar refractivity (Wildman–Crippen MR) is 170 cm³/mol. The fraction of sp³-hybridized carbons (Fsp3) is 0.485. The van der Waals surface area contributed by atoms with E-state index in [1.165, 1.54) is 5.56 Å². The van der Waals surface area contributed by atoms with E-state index >= 15 is 0 Å². The number of rotatable bonds is 8. The average molecular weight is 602 g/mol. The number of hydrogen-bond donors (Lipinski definition) is 4. The van der Waals surface area contributed by atoms with Crippen LogP contribution in [0.4, 0.5) is 11.4 Å². The number of aromatic nitrogens is 2. The summed E-state index contributed by atoms with van der Waals surface area (Å²) in [4.78, 5) is 51.2. The van der Waals surface area contributed by atoms with Gasteiger partial charge in [0.1, 0.15) is 24.2 Å². The van der Waals surface area contributed by atoms with E-state index in [0.717, 1.165) is 29.6 Å². The summed E-state index contributed by atoms with van der Waals surface area (Å²) in [5.41, 5.74) is 3.85. The molecule has 5 rings (SSSR count). The van der Waals surface area contributed by atoms with E-state index in [1.807, 2.05) is 39.0 Å². The normalized spacial score (nSPS) is 19.5. The molecule has 2 aliphatic rings. The Kier molecular flexibility index (Phi) is 9.05. The van der Waals surface area contributed by atoms with Gasteiger partial charge in [-0.05, 0) is 62.8 Å². The molecule has 0 radical (unpaired) electrons. The monoisotopic (exact) mass is 601 g/mol. The Morgan fingerprint density at radius 2 is 1.89 bits per heavy atom. The summed E-state index contributed by atoms with van der Waals surface area (Å²) >= 11 is 0. The zero-order valence-electron chi connectivity index (χ0n) is 26.4. The maximum atomic E-state index is 13.9. The van der Waals surface area contributed by atoms with E-state index < -0.39 is 23.5 Å². The number of para-hydroxylation sites is 1. The first-order valence-corrected chi connectivity index (χ1v) is 15.3. The van der Waals surface area contributed by atoms with Gasteiger partial charge in [-0.2, -0.15) is 0 Å². The second kappa shape index (κ2) is 12.8. The van der Waals surface area contributed by atoms with E-state index in [0.29, 0.717) is 36.3 Å². The number of aryl methyl sites for hydroxylation is 1. The van der Waals surface area contributed by atoms with Gasteiger partial charge in [0.15, 0.2) is 0 Å². The molecule has 0 aliphatic carbocycles. The molecule has 44 heavy (non-hydrogen) atoms. The maximum absolute atomic E-state index is 13.9. The van der Waals surface area contributed by atoms with Crippen LogP contribution in [0.2, 0.25) is 0 Å². The molecule has 0 spiro atoms. The Morgan fingerprint density at radius 3 is 2.61 bits per heavy atom. The average Bonchev–Trinajstić information content (AvgIpc) is 3.52. The molecular formula is C33H43N7O4. The van der Waals surface area contributed by atoms with Crippen LogP contribution in [0.5, 0.6) is 5.75 Å². The molecule has 1 fully saturated rings. The van der Waals surface area contributed by atoms with Gasteiger partial charge in [-0.25, -0.2) is 9.97 Å². The van der Waals surface area contributed by atoms with Gasteiger partial charge in [0, 0.05) is 23.7 Å². The van der Waals surface area contributed by atoms with Crippen molar-refractivity contribution >= 4 is 40.0 Å². The van der Waals surface area contributed by atoms with Crippen LogP contribution in [0.25, 0.3) is 10.9 Å². The number of likely N-dealkylation sites (N-methyl/N-ethyl adjacent to an activating group) is 1. The summed E-state index contributed by atoms with van der Waals surface area (Å²) in [5, 5.41) is 13.3. The Labute approximate surface area is 258 Å². The van der Waals surface area contributed by atoms with E-state index in [4.69, 9.17) is 4.74 Å². The van der Waals surface area contributed by atoms with E-state index in [2.05, 4.69) is 43.4 Å². The number of amides is 3. The lowest BCUT2D eigenvalue weighted by molar-refractivity contribution is -0.143. The molecule has 1 unspecified atom stereocenters. The van der Waals surface area contributed by atoms with Crippen molar-refractivity contribution in [3.63, 3.8) is 0 Å². The van der Waals surface area contributed by atoms with Crippen LogP contribution in [0, 0.1) is 5.41 Å². The van der Waals surface area contributed by atoms with Crippen molar-refractivity contribution in [3.8, 4) is 5.75 Å². The topological polar surface area (TPSA) is 138 Å². The third kappa shape index (κ3) is 6.33. The lowest BCUT2D eigenvalue weighted by atomic mass is 9.85. The molecule has 3 amide bonds. The third-order valence-corrected chi connectivity index (χ3v) is 8.69. The quantitative estimate of drug-likeness (QED) is 0.306. The molecule has 3 heterocycles. The standard InChI is InChI=1S/C33H43N7O4/c1-19(34-5)30(41)39-29(33(2,3)4)32(43)40-15-9-12-26(40)31(42)38-25-16-21-24(17-27(25)44-6)35-18-36-28(21)23-14-13-20-10-7-8-11-22(20)37-23/h7-8,10-11,16-19,23,26,29,34,37H,9,12-15H2,1-6H3,(H,38,42)(H,39,41)/t19-,23?,26-,29+/m0/s1. The third-order valence-electron chi connectivity index (χ3n) is 8.69. The molecule has 0 bridgehead atoms.